The fraction of sp³-hybridized carbons (Fsp3) is 0.231. The van der Waals surface area contributed by atoms with Crippen LogP contribution < -0.4 is 0 Å². The predicted octanol–water partition coefficient (Wildman–Crippen LogP) is 3.65. The third-order valence-electron chi connectivity index (χ3n) is 6.05. The molecule has 2 aromatic rings. The number of carbonyl (C=O) groups is 2. The van der Waals surface area contributed by atoms with Crippen LogP contribution in [0.4, 0.5) is 11.4 Å². The minimum Gasteiger partial charge on any atom is -0.345 e. The zero-order valence-electron chi connectivity index (χ0n) is 21.4. The van der Waals surface area contributed by atoms with E-state index in [9.17, 15) is 29.8 Å². The molecule has 12 nitrogen and oxygen atoms in total. The van der Waals surface area contributed by atoms with E-state index >= 15 is 0 Å². The van der Waals surface area contributed by atoms with Crippen LogP contribution in [0.25, 0.3) is 0 Å². The first kappa shape index (κ1) is 30.0. The van der Waals surface area contributed by atoms with Gasteiger partial charge < -0.3 is 9.80 Å². The van der Waals surface area contributed by atoms with Crippen molar-refractivity contribution in [1.82, 2.24) is 19.6 Å². The fourth-order valence-electron chi connectivity index (χ4n) is 3.95. The van der Waals surface area contributed by atoms with E-state index in [0.29, 0.717) is 26.2 Å². The fourth-order valence-corrected chi connectivity index (χ4v) is 4.63. The van der Waals surface area contributed by atoms with Gasteiger partial charge in [0.25, 0.3) is 23.2 Å². The Bertz CT molecular complexity index is 1240. The van der Waals surface area contributed by atoms with Crippen LogP contribution in [0.5, 0.6) is 0 Å². The van der Waals surface area contributed by atoms with Crippen molar-refractivity contribution in [2.75, 3.05) is 39.3 Å². The first-order valence-electron chi connectivity index (χ1n) is 12.0. The Labute approximate surface area is 241 Å². The summed E-state index contributed by atoms with van der Waals surface area (Å²) in [7, 11) is 0. The van der Waals surface area contributed by atoms with Gasteiger partial charge >= 0.3 is 0 Å². The Morgan fingerprint density at radius 1 is 0.725 bits per heavy atom. The Balaban J connectivity index is 1.68. The van der Waals surface area contributed by atoms with Crippen molar-refractivity contribution in [2.24, 2.45) is 0 Å². The van der Waals surface area contributed by atoms with Gasteiger partial charge in [-0.05, 0) is 48.7 Å². The molecule has 0 aliphatic carbocycles. The lowest BCUT2D eigenvalue weighted by Crippen LogP contribution is -2.57. The number of benzene rings is 2. The molecule has 2 amide bonds. The SMILES string of the molecule is C=CCN(C(=O)c1ccc([N+](=O)[O-])cc1)C(=S)N1CCN(C(=S)N(CC=C)C(=O)c2ccc([N+](=O)[O-])cc2)CC1. The van der Waals surface area contributed by atoms with E-state index in [1.807, 2.05) is 9.80 Å². The highest BCUT2D eigenvalue weighted by Gasteiger charge is 2.30. The number of hydrogen-bond donors (Lipinski definition) is 0. The van der Waals surface area contributed by atoms with E-state index in [0.717, 1.165) is 0 Å². The van der Waals surface area contributed by atoms with Crippen LogP contribution in [0.3, 0.4) is 0 Å². The molecule has 1 fully saturated rings. The smallest absolute Gasteiger partial charge is 0.269 e. The van der Waals surface area contributed by atoms with Crippen LogP contribution in [-0.4, -0.2) is 90.8 Å². The molecular formula is C26H26N6O6S2. The van der Waals surface area contributed by atoms with Crippen molar-refractivity contribution < 1.29 is 19.4 Å². The molecule has 0 aromatic heterocycles. The van der Waals surface area contributed by atoms with Crippen molar-refractivity contribution in [2.45, 2.75) is 0 Å². The second kappa shape index (κ2) is 13.5. The number of hydrogen-bond acceptors (Lipinski definition) is 8. The number of rotatable bonds is 8. The number of amides is 2. The Kier molecular flexibility index (Phi) is 10.1. The third kappa shape index (κ3) is 6.90. The molecule has 14 heteroatoms. The Morgan fingerprint density at radius 2 is 1.02 bits per heavy atom. The number of nitrogens with zero attached hydrogens (tertiary/aromatic N) is 6. The summed E-state index contributed by atoms with van der Waals surface area (Å²) < 4.78 is 0. The second-order valence-corrected chi connectivity index (χ2v) is 9.29. The number of nitro groups is 2. The van der Waals surface area contributed by atoms with Crippen LogP contribution in [0, 0.1) is 20.2 Å². The quantitative estimate of drug-likeness (QED) is 0.197. The summed E-state index contributed by atoms with van der Waals surface area (Å²) in [6, 6.07) is 10.6. The average Bonchev–Trinajstić information content (AvgIpc) is 2.97. The van der Waals surface area contributed by atoms with Gasteiger partial charge in [-0.2, -0.15) is 0 Å². The molecule has 1 aliphatic heterocycles. The lowest BCUT2D eigenvalue weighted by Gasteiger charge is -2.41. The predicted molar refractivity (Wildman–Crippen MR) is 157 cm³/mol. The molecule has 0 spiro atoms. The lowest BCUT2D eigenvalue weighted by atomic mass is 10.2. The molecular weight excluding hydrogens is 556 g/mol. The number of piperazine rings is 1. The molecule has 2 aromatic carbocycles. The van der Waals surface area contributed by atoms with E-state index in [4.69, 9.17) is 24.4 Å². The van der Waals surface area contributed by atoms with Crippen molar-refractivity contribution in [3.63, 3.8) is 0 Å². The molecule has 1 heterocycles. The molecule has 0 atom stereocenters. The van der Waals surface area contributed by atoms with Gasteiger partial charge in [0.2, 0.25) is 0 Å². The zero-order chi connectivity index (χ0) is 29.4. The maximum absolute atomic E-state index is 13.2. The Morgan fingerprint density at radius 3 is 1.27 bits per heavy atom. The number of thiocarbonyl (C=S) groups is 2. The third-order valence-corrected chi connectivity index (χ3v) is 7.00. The highest BCUT2D eigenvalue weighted by Crippen LogP contribution is 2.18. The van der Waals surface area contributed by atoms with E-state index in [1.165, 1.54) is 70.5 Å². The van der Waals surface area contributed by atoms with Gasteiger partial charge in [0.05, 0.1) is 9.85 Å². The molecule has 0 bridgehead atoms. The molecule has 1 saturated heterocycles. The van der Waals surface area contributed by atoms with Crippen LogP contribution in [-0.2, 0) is 0 Å². The zero-order valence-corrected chi connectivity index (χ0v) is 23.0. The van der Waals surface area contributed by atoms with Crippen LogP contribution in [0.15, 0.2) is 73.8 Å². The molecule has 208 valence electrons. The number of nitro benzene ring substituents is 2. The van der Waals surface area contributed by atoms with E-state index in [-0.39, 0.29) is 45.8 Å². The molecule has 40 heavy (non-hydrogen) atoms. The van der Waals surface area contributed by atoms with E-state index in [2.05, 4.69) is 13.2 Å². The maximum Gasteiger partial charge on any atom is 0.269 e. The monoisotopic (exact) mass is 582 g/mol. The topological polar surface area (TPSA) is 133 Å². The van der Waals surface area contributed by atoms with Gasteiger partial charge in [-0.3, -0.25) is 39.6 Å². The van der Waals surface area contributed by atoms with E-state index < -0.39 is 21.7 Å². The van der Waals surface area contributed by atoms with E-state index in [1.54, 1.807) is 0 Å². The summed E-state index contributed by atoms with van der Waals surface area (Å²) in [6.07, 6.45) is 3.08. The lowest BCUT2D eigenvalue weighted by molar-refractivity contribution is -0.385. The molecule has 1 aliphatic rings. The largest absolute Gasteiger partial charge is 0.345 e. The molecule has 0 radical (unpaired) electrons. The van der Waals surface area contributed by atoms with Gasteiger partial charge in [-0.15, -0.1) is 13.2 Å². The van der Waals surface area contributed by atoms with Gasteiger partial charge in [-0.25, -0.2) is 0 Å². The first-order valence-corrected chi connectivity index (χ1v) is 12.8. The first-order chi connectivity index (χ1) is 19.1. The standard InChI is InChI=1S/C26H26N6O6S2/c1-3-13-29(23(33)19-5-9-21(10-6-19)31(35)36)25(39)27-15-17-28(18-16-27)26(40)30(14-4-2)24(34)20-7-11-22(12-8-20)32(37)38/h3-12H,1-2,13-18H2. The molecule has 0 N–H and O–H groups in total. The van der Waals surface area contributed by atoms with Gasteiger partial charge in [0, 0.05) is 74.7 Å². The molecule has 0 unspecified atom stereocenters. The summed E-state index contributed by atoms with van der Waals surface area (Å²) in [4.78, 5) is 53.6. The number of carbonyl (C=O) groups excluding carboxylic acids is 2. The van der Waals surface area contributed by atoms with Crippen molar-refractivity contribution in [3.8, 4) is 0 Å². The van der Waals surface area contributed by atoms with Crippen molar-refractivity contribution in [1.29, 1.82) is 0 Å². The molecule has 0 saturated carbocycles. The van der Waals surface area contributed by atoms with Crippen LogP contribution >= 0.6 is 24.4 Å². The Hall–Kier alpha value is -4.56. The maximum atomic E-state index is 13.2. The number of non-ortho nitro benzene ring substituents is 2. The van der Waals surface area contributed by atoms with Crippen LogP contribution in [0.2, 0.25) is 0 Å². The normalized spacial score (nSPS) is 12.7. The molecule has 3 rings (SSSR count). The highest BCUT2D eigenvalue weighted by atomic mass is 32.1. The van der Waals surface area contributed by atoms with Crippen molar-refractivity contribution >= 4 is 57.8 Å². The average molecular weight is 583 g/mol. The summed E-state index contributed by atoms with van der Waals surface area (Å²) in [5, 5.41) is 22.4. The summed E-state index contributed by atoms with van der Waals surface area (Å²) in [5.74, 6) is -0.827. The van der Waals surface area contributed by atoms with Gasteiger partial charge in [-0.1, -0.05) is 12.2 Å². The van der Waals surface area contributed by atoms with Crippen molar-refractivity contribution in [3.05, 3.63) is 105 Å². The minimum atomic E-state index is -0.542. The summed E-state index contributed by atoms with van der Waals surface area (Å²) in [5.41, 5.74) is 0.247. The van der Waals surface area contributed by atoms with Crippen LogP contribution in [0.1, 0.15) is 20.7 Å². The second-order valence-electron chi connectivity index (χ2n) is 8.56. The minimum absolute atomic E-state index is 0.126. The highest BCUT2D eigenvalue weighted by molar-refractivity contribution is 7.80. The van der Waals surface area contributed by atoms with Gasteiger partial charge in [0.15, 0.2) is 10.2 Å². The van der Waals surface area contributed by atoms with Gasteiger partial charge in [0.1, 0.15) is 0 Å². The summed E-state index contributed by atoms with van der Waals surface area (Å²) >= 11 is 11.3. The summed E-state index contributed by atoms with van der Waals surface area (Å²) in [6.45, 7) is 9.33.